The van der Waals surface area contributed by atoms with Crippen molar-refractivity contribution in [3.8, 4) is 0 Å². The van der Waals surface area contributed by atoms with Gasteiger partial charge in [0.1, 0.15) is 0 Å². The maximum atomic E-state index is 11.7. The maximum Gasteiger partial charge on any atom is 0.251 e. The van der Waals surface area contributed by atoms with Crippen LogP contribution in [0.25, 0.3) is 0 Å². The Bertz CT molecular complexity index is 301. The van der Waals surface area contributed by atoms with E-state index in [2.05, 4.69) is 5.32 Å². The molecule has 1 aliphatic rings. The van der Waals surface area contributed by atoms with Gasteiger partial charge in [0, 0.05) is 11.6 Å². The van der Waals surface area contributed by atoms with Crippen molar-refractivity contribution in [1.29, 1.82) is 0 Å². The van der Waals surface area contributed by atoms with Crippen LogP contribution in [0, 0.1) is 0 Å². The number of rotatable bonds is 2. The summed E-state index contributed by atoms with van der Waals surface area (Å²) < 4.78 is 0. The fourth-order valence-corrected chi connectivity index (χ4v) is 1.93. The summed E-state index contributed by atoms with van der Waals surface area (Å²) in [6.45, 7) is 0. The van der Waals surface area contributed by atoms with Gasteiger partial charge < -0.3 is 5.32 Å². The van der Waals surface area contributed by atoms with Crippen molar-refractivity contribution in [3.63, 3.8) is 0 Å². The molecule has 2 rings (SSSR count). The summed E-state index contributed by atoms with van der Waals surface area (Å²) in [6.07, 6.45) is 4.77. The van der Waals surface area contributed by atoms with Crippen LogP contribution in [0.15, 0.2) is 30.3 Å². The molecule has 0 spiro atoms. The SMILES string of the molecule is O=C(NC1CCCC1)c1ccccc1. The third-order valence-electron chi connectivity index (χ3n) is 2.73. The lowest BCUT2D eigenvalue weighted by Crippen LogP contribution is -2.32. The smallest absolute Gasteiger partial charge is 0.251 e. The zero-order valence-corrected chi connectivity index (χ0v) is 8.20. The van der Waals surface area contributed by atoms with Crippen LogP contribution >= 0.6 is 0 Å². The van der Waals surface area contributed by atoms with Crippen LogP contribution in [0.1, 0.15) is 36.0 Å². The van der Waals surface area contributed by atoms with Gasteiger partial charge in [0.25, 0.3) is 5.91 Å². The minimum absolute atomic E-state index is 0.0671. The quantitative estimate of drug-likeness (QED) is 0.760. The highest BCUT2D eigenvalue weighted by Crippen LogP contribution is 2.17. The summed E-state index contributed by atoms with van der Waals surface area (Å²) >= 11 is 0. The number of nitrogens with one attached hydrogen (secondary N) is 1. The van der Waals surface area contributed by atoms with Crippen molar-refractivity contribution in [2.75, 3.05) is 0 Å². The standard InChI is InChI=1S/C12H15NO/c14-12(10-6-2-1-3-7-10)13-11-8-4-5-9-11/h1-3,6-7,11H,4-5,8-9H2,(H,13,14). The Morgan fingerprint density at radius 2 is 1.79 bits per heavy atom. The molecule has 1 aromatic carbocycles. The maximum absolute atomic E-state index is 11.7. The number of carbonyl (C=O) groups excluding carboxylic acids is 1. The molecule has 2 heteroatoms. The second-order valence-electron chi connectivity index (χ2n) is 3.82. The molecule has 0 unspecified atom stereocenters. The van der Waals surface area contributed by atoms with Crippen molar-refractivity contribution in [1.82, 2.24) is 5.32 Å². The Balaban J connectivity index is 1.95. The van der Waals surface area contributed by atoms with E-state index < -0.39 is 0 Å². The molecule has 2 nitrogen and oxygen atoms in total. The zero-order chi connectivity index (χ0) is 9.80. The Hall–Kier alpha value is -1.31. The second-order valence-corrected chi connectivity index (χ2v) is 3.82. The van der Waals surface area contributed by atoms with E-state index >= 15 is 0 Å². The molecule has 1 N–H and O–H groups in total. The molecule has 74 valence electrons. The number of benzene rings is 1. The Kier molecular flexibility index (Phi) is 2.82. The monoisotopic (exact) mass is 189 g/mol. The van der Waals surface area contributed by atoms with Gasteiger partial charge in [-0.05, 0) is 25.0 Å². The van der Waals surface area contributed by atoms with E-state index in [0.29, 0.717) is 6.04 Å². The molecule has 1 aliphatic carbocycles. The van der Waals surface area contributed by atoms with Crippen LogP contribution in [0.5, 0.6) is 0 Å². The van der Waals surface area contributed by atoms with E-state index in [4.69, 9.17) is 0 Å². The second kappa shape index (κ2) is 4.27. The molecule has 1 amide bonds. The van der Waals surface area contributed by atoms with Crippen molar-refractivity contribution in [3.05, 3.63) is 35.9 Å². The highest BCUT2D eigenvalue weighted by molar-refractivity contribution is 5.94. The fraction of sp³-hybridized carbons (Fsp3) is 0.417. The van der Waals surface area contributed by atoms with E-state index in [0.717, 1.165) is 18.4 Å². The van der Waals surface area contributed by atoms with Gasteiger partial charge in [-0.3, -0.25) is 4.79 Å². The number of hydrogen-bond acceptors (Lipinski definition) is 1. The Morgan fingerprint density at radius 3 is 2.43 bits per heavy atom. The van der Waals surface area contributed by atoms with Crippen LogP contribution in [0.4, 0.5) is 0 Å². The molecule has 0 aromatic heterocycles. The third-order valence-corrected chi connectivity index (χ3v) is 2.73. The minimum Gasteiger partial charge on any atom is -0.349 e. The van der Waals surface area contributed by atoms with Gasteiger partial charge in [0.2, 0.25) is 0 Å². The van der Waals surface area contributed by atoms with E-state index in [9.17, 15) is 4.79 Å². The lowest BCUT2D eigenvalue weighted by molar-refractivity contribution is 0.0938. The topological polar surface area (TPSA) is 29.1 Å². The average molecular weight is 189 g/mol. The number of carbonyl (C=O) groups is 1. The van der Waals surface area contributed by atoms with Gasteiger partial charge in [-0.2, -0.15) is 0 Å². The lowest BCUT2D eigenvalue weighted by atomic mass is 10.2. The summed E-state index contributed by atoms with van der Waals surface area (Å²) in [7, 11) is 0. The molecule has 0 radical (unpaired) electrons. The van der Waals surface area contributed by atoms with Crippen LogP contribution in [-0.2, 0) is 0 Å². The van der Waals surface area contributed by atoms with E-state index in [1.54, 1.807) is 0 Å². The summed E-state index contributed by atoms with van der Waals surface area (Å²) in [4.78, 5) is 11.7. The predicted octanol–water partition coefficient (Wildman–Crippen LogP) is 2.36. The first-order valence-corrected chi connectivity index (χ1v) is 5.22. The van der Waals surface area contributed by atoms with E-state index in [1.165, 1.54) is 12.8 Å². The summed E-state index contributed by atoms with van der Waals surface area (Å²) in [5.41, 5.74) is 0.763. The van der Waals surface area contributed by atoms with Crippen molar-refractivity contribution in [2.24, 2.45) is 0 Å². The Morgan fingerprint density at radius 1 is 1.14 bits per heavy atom. The first-order valence-electron chi connectivity index (χ1n) is 5.22. The molecule has 1 aromatic rings. The first-order chi connectivity index (χ1) is 6.86. The van der Waals surface area contributed by atoms with Crippen LogP contribution in [0.2, 0.25) is 0 Å². The van der Waals surface area contributed by atoms with Crippen LogP contribution in [-0.4, -0.2) is 11.9 Å². The molecule has 1 fully saturated rings. The molecule has 0 atom stereocenters. The zero-order valence-electron chi connectivity index (χ0n) is 8.20. The first kappa shape index (κ1) is 9.25. The molecule has 0 bridgehead atoms. The molecular weight excluding hydrogens is 174 g/mol. The molecule has 1 saturated carbocycles. The van der Waals surface area contributed by atoms with Gasteiger partial charge in [-0.1, -0.05) is 31.0 Å². The average Bonchev–Trinajstić information content (AvgIpc) is 2.72. The minimum atomic E-state index is 0.0671. The predicted molar refractivity (Wildman–Crippen MR) is 56.2 cm³/mol. The van der Waals surface area contributed by atoms with E-state index in [-0.39, 0.29) is 5.91 Å². The van der Waals surface area contributed by atoms with Crippen LogP contribution < -0.4 is 5.32 Å². The molecule has 14 heavy (non-hydrogen) atoms. The fourth-order valence-electron chi connectivity index (χ4n) is 1.93. The third kappa shape index (κ3) is 2.13. The van der Waals surface area contributed by atoms with Gasteiger partial charge in [0.05, 0.1) is 0 Å². The van der Waals surface area contributed by atoms with E-state index in [1.807, 2.05) is 30.3 Å². The van der Waals surface area contributed by atoms with Gasteiger partial charge in [-0.15, -0.1) is 0 Å². The molecular formula is C12H15NO. The van der Waals surface area contributed by atoms with Gasteiger partial charge in [-0.25, -0.2) is 0 Å². The molecule has 0 aliphatic heterocycles. The summed E-state index contributed by atoms with van der Waals surface area (Å²) in [5.74, 6) is 0.0671. The lowest BCUT2D eigenvalue weighted by Gasteiger charge is -2.11. The summed E-state index contributed by atoms with van der Waals surface area (Å²) in [5, 5.41) is 3.06. The van der Waals surface area contributed by atoms with Crippen molar-refractivity contribution in [2.45, 2.75) is 31.7 Å². The largest absolute Gasteiger partial charge is 0.349 e. The van der Waals surface area contributed by atoms with Gasteiger partial charge in [0.15, 0.2) is 0 Å². The Labute approximate surface area is 84.3 Å². The van der Waals surface area contributed by atoms with Crippen molar-refractivity contribution >= 4 is 5.91 Å². The molecule has 0 saturated heterocycles. The highest BCUT2D eigenvalue weighted by atomic mass is 16.1. The van der Waals surface area contributed by atoms with Crippen LogP contribution in [0.3, 0.4) is 0 Å². The normalized spacial score (nSPS) is 16.9. The molecule has 0 heterocycles. The number of hydrogen-bond donors (Lipinski definition) is 1. The highest BCUT2D eigenvalue weighted by Gasteiger charge is 2.17. The van der Waals surface area contributed by atoms with Gasteiger partial charge >= 0.3 is 0 Å². The van der Waals surface area contributed by atoms with Crippen molar-refractivity contribution < 1.29 is 4.79 Å². The number of amides is 1. The summed E-state index contributed by atoms with van der Waals surface area (Å²) in [6, 6.07) is 9.82.